The van der Waals surface area contributed by atoms with E-state index in [-0.39, 0.29) is 24.2 Å². The number of rotatable bonds is 4. The highest BCUT2D eigenvalue weighted by molar-refractivity contribution is 6.33. The topological polar surface area (TPSA) is 38.3 Å². The monoisotopic (exact) mass is 347 g/mol. The van der Waals surface area contributed by atoms with Crippen LogP contribution in [0.5, 0.6) is 0 Å². The number of anilines is 1. The molecule has 1 N–H and O–H groups in total. The van der Waals surface area contributed by atoms with Gasteiger partial charge in [0.15, 0.2) is 0 Å². The fourth-order valence-corrected chi connectivity index (χ4v) is 3.42. The standard InChI is InChI=1S/C19H19ClFNO2/c1-2-24-18(23)11-12-9-13-7-8-17(22-19(13)15(20)10-12)14-5-3-4-6-16(14)21/h3-6,9-10,17,22H,2,7-8,11H2,1H3. The Labute approximate surface area is 145 Å². The summed E-state index contributed by atoms with van der Waals surface area (Å²) in [6.45, 7) is 2.15. The SMILES string of the molecule is CCOC(=O)Cc1cc(Cl)c2c(c1)CCC(c1ccccc1F)N2. The van der Waals surface area contributed by atoms with Gasteiger partial charge in [0.05, 0.1) is 29.8 Å². The summed E-state index contributed by atoms with van der Waals surface area (Å²) < 4.78 is 19.0. The lowest BCUT2D eigenvalue weighted by atomic mass is 9.91. The molecule has 0 saturated heterocycles. The number of hydrogen-bond acceptors (Lipinski definition) is 3. The number of ether oxygens (including phenoxy) is 1. The van der Waals surface area contributed by atoms with Gasteiger partial charge in [-0.05, 0) is 43.0 Å². The summed E-state index contributed by atoms with van der Waals surface area (Å²) in [5, 5.41) is 3.89. The van der Waals surface area contributed by atoms with Crippen molar-refractivity contribution in [2.45, 2.75) is 32.2 Å². The molecule has 1 atom stereocenters. The van der Waals surface area contributed by atoms with Crippen molar-refractivity contribution in [3.63, 3.8) is 0 Å². The Balaban J connectivity index is 1.83. The summed E-state index contributed by atoms with van der Waals surface area (Å²) in [5.74, 6) is -0.477. The zero-order valence-corrected chi connectivity index (χ0v) is 14.2. The van der Waals surface area contributed by atoms with E-state index in [0.717, 1.165) is 29.7 Å². The molecule has 126 valence electrons. The van der Waals surface area contributed by atoms with Gasteiger partial charge >= 0.3 is 5.97 Å². The van der Waals surface area contributed by atoms with Gasteiger partial charge in [0.1, 0.15) is 5.82 Å². The van der Waals surface area contributed by atoms with Crippen molar-refractivity contribution in [2.24, 2.45) is 0 Å². The summed E-state index contributed by atoms with van der Waals surface area (Å²) in [4.78, 5) is 11.6. The highest BCUT2D eigenvalue weighted by atomic mass is 35.5. The van der Waals surface area contributed by atoms with Crippen molar-refractivity contribution in [1.82, 2.24) is 0 Å². The molecule has 2 aromatic carbocycles. The van der Waals surface area contributed by atoms with Crippen molar-refractivity contribution >= 4 is 23.3 Å². The zero-order chi connectivity index (χ0) is 17.1. The van der Waals surface area contributed by atoms with Gasteiger partial charge < -0.3 is 10.1 Å². The second-order valence-corrected chi connectivity index (χ2v) is 6.26. The molecule has 0 aromatic heterocycles. The van der Waals surface area contributed by atoms with E-state index in [1.807, 2.05) is 12.1 Å². The zero-order valence-electron chi connectivity index (χ0n) is 13.4. The predicted octanol–water partition coefficient (Wildman–Crippen LogP) is 4.68. The molecule has 0 amide bonds. The van der Waals surface area contributed by atoms with Gasteiger partial charge in [0.25, 0.3) is 0 Å². The van der Waals surface area contributed by atoms with Crippen LogP contribution < -0.4 is 5.32 Å². The maximum Gasteiger partial charge on any atom is 0.310 e. The number of fused-ring (bicyclic) bond motifs is 1. The van der Waals surface area contributed by atoms with E-state index < -0.39 is 0 Å². The number of carbonyl (C=O) groups excluding carboxylic acids is 1. The number of benzene rings is 2. The number of aryl methyl sites for hydroxylation is 1. The van der Waals surface area contributed by atoms with Crippen LogP contribution in [0.25, 0.3) is 0 Å². The molecule has 1 aliphatic rings. The Morgan fingerprint density at radius 1 is 1.38 bits per heavy atom. The molecule has 3 nitrogen and oxygen atoms in total. The van der Waals surface area contributed by atoms with E-state index in [9.17, 15) is 9.18 Å². The third-order valence-corrected chi connectivity index (χ3v) is 4.49. The van der Waals surface area contributed by atoms with Gasteiger partial charge in [-0.25, -0.2) is 4.39 Å². The Morgan fingerprint density at radius 3 is 2.92 bits per heavy atom. The van der Waals surface area contributed by atoms with Gasteiger partial charge in [-0.1, -0.05) is 35.9 Å². The Bertz CT molecular complexity index is 763. The first-order valence-corrected chi connectivity index (χ1v) is 8.44. The first-order chi connectivity index (χ1) is 11.6. The Hall–Kier alpha value is -2.07. The molecule has 5 heteroatoms. The Morgan fingerprint density at radius 2 is 2.17 bits per heavy atom. The second-order valence-electron chi connectivity index (χ2n) is 5.85. The number of nitrogens with one attached hydrogen (secondary N) is 1. The fourth-order valence-electron chi connectivity index (χ4n) is 3.10. The molecule has 0 radical (unpaired) electrons. The number of hydrogen-bond donors (Lipinski definition) is 1. The number of halogens is 2. The number of carbonyl (C=O) groups is 1. The lowest BCUT2D eigenvalue weighted by molar-refractivity contribution is -0.142. The first-order valence-electron chi connectivity index (χ1n) is 8.06. The predicted molar refractivity (Wildman–Crippen MR) is 92.9 cm³/mol. The summed E-state index contributed by atoms with van der Waals surface area (Å²) in [7, 11) is 0. The maximum atomic E-state index is 14.0. The molecule has 0 fully saturated rings. The largest absolute Gasteiger partial charge is 0.466 e. The fraction of sp³-hybridized carbons (Fsp3) is 0.316. The van der Waals surface area contributed by atoms with Crippen LogP contribution in [-0.4, -0.2) is 12.6 Å². The van der Waals surface area contributed by atoms with Crippen LogP contribution in [0.4, 0.5) is 10.1 Å². The van der Waals surface area contributed by atoms with Crippen LogP contribution in [0.15, 0.2) is 36.4 Å². The summed E-state index contributed by atoms with van der Waals surface area (Å²) in [6.07, 6.45) is 1.75. The van der Waals surface area contributed by atoms with E-state index in [0.29, 0.717) is 17.2 Å². The normalized spacial score (nSPS) is 16.2. The smallest absolute Gasteiger partial charge is 0.310 e. The molecular formula is C19H19ClFNO2. The summed E-state index contributed by atoms with van der Waals surface area (Å²) in [6, 6.07) is 10.4. The maximum absolute atomic E-state index is 14.0. The second kappa shape index (κ2) is 7.22. The molecule has 2 aromatic rings. The average molecular weight is 348 g/mol. The van der Waals surface area contributed by atoms with Gasteiger partial charge in [0.2, 0.25) is 0 Å². The van der Waals surface area contributed by atoms with E-state index in [2.05, 4.69) is 5.32 Å². The van der Waals surface area contributed by atoms with E-state index in [1.54, 1.807) is 25.1 Å². The van der Waals surface area contributed by atoms with E-state index in [4.69, 9.17) is 16.3 Å². The van der Waals surface area contributed by atoms with Crippen molar-refractivity contribution in [3.8, 4) is 0 Å². The highest BCUT2D eigenvalue weighted by Crippen LogP contribution is 2.38. The van der Waals surface area contributed by atoms with E-state index in [1.165, 1.54) is 6.07 Å². The van der Waals surface area contributed by atoms with Crippen LogP contribution in [0, 0.1) is 5.82 Å². The molecule has 1 heterocycles. The minimum absolute atomic E-state index is 0.105. The summed E-state index contributed by atoms with van der Waals surface area (Å²) in [5.41, 5.74) is 3.36. The molecule has 1 aliphatic heterocycles. The van der Waals surface area contributed by atoms with Gasteiger partial charge in [-0.2, -0.15) is 0 Å². The first kappa shape index (κ1) is 16.8. The minimum atomic E-state index is -0.262. The van der Waals surface area contributed by atoms with E-state index >= 15 is 0 Å². The number of esters is 1. The van der Waals surface area contributed by atoms with Crippen LogP contribution in [-0.2, 0) is 22.4 Å². The quantitative estimate of drug-likeness (QED) is 0.816. The van der Waals surface area contributed by atoms with Crippen LogP contribution in [0.3, 0.4) is 0 Å². The lowest BCUT2D eigenvalue weighted by Gasteiger charge is -2.29. The molecule has 0 saturated carbocycles. The van der Waals surface area contributed by atoms with Crippen molar-refractivity contribution in [2.75, 3.05) is 11.9 Å². The lowest BCUT2D eigenvalue weighted by Crippen LogP contribution is -2.20. The molecule has 24 heavy (non-hydrogen) atoms. The highest BCUT2D eigenvalue weighted by Gasteiger charge is 2.24. The van der Waals surface area contributed by atoms with Crippen molar-refractivity contribution < 1.29 is 13.9 Å². The molecule has 0 aliphatic carbocycles. The third-order valence-electron chi connectivity index (χ3n) is 4.19. The molecule has 1 unspecified atom stereocenters. The van der Waals surface area contributed by atoms with Crippen LogP contribution >= 0.6 is 11.6 Å². The third kappa shape index (κ3) is 3.54. The molecule has 3 rings (SSSR count). The van der Waals surface area contributed by atoms with Gasteiger partial charge in [-0.3, -0.25) is 4.79 Å². The molecule has 0 spiro atoms. The summed E-state index contributed by atoms with van der Waals surface area (Å²) >= 11 is 6.39. The van der Waals surface area contributed by atoms with Crippen LogP contribution in [0.1, 0.15) is 36.1 Å². The van der Waals surface area contributed by atoms with Gasteiger partial charge in [0, 0.05) is 5.56 Å². The molecule has 0 bridgehead atoms. The minimum Gasteiger partial charge on any atom is -0.466 e. The van der Waals surface area contributed by atoms with Gasteiger partial charge in [-0.15, -0.1) is 0 Å². The Kier molecular flexibility index (Phi) is 5.05. The average Bonchev–Trinajstić information content (AvgIpc) is 2.55. The van der Waals surface area contributed by atoms with Crippen molar-refractivity contribution in [3.05, 3.63) is 63.9 Å². The van der Waals surface area contributed by atoms with Crippen LogP contribution in [0.2, 0.25) is 5.02 Å². The van der Waals surface area contributed by atoms with Crippen molar-refractivity contribution in [1.29, 1.82) is 0 Å². The molecular weight excluding hydrogens is 329 g/mol.